The van der Waals surface area contributed by atoms with Gasteiger partial charge in [-0.3, -0.25) is 4.79 Å². The van der Waals surface area contributed by atoms with Crippen molar-refractivity contribution in [1.29, 1.82) is 0 Å². The Morgan fingerprint density at radius 1 is 1.12 bits per heavy atom. The standard InChI is InChI=1S/C21H26N2O/c1-16-8-9-17-6-5-7-18(19(17)14-16)20(24)23-13-12-22-21(15-23)10-3-2-4-11-21/h5-9,14,22H,2-4,10-13,15H2,1H3. The number of amides is 1. The number of nitrogens with one attached hydrogen (secondary N) is 1. The van der Waals surface area contributed by atoms with Crippen molar-refractivity contribution in [3.63, 3.8) is 0 Å². The van der Waals surface area contributed by atoms with Crippen molar-refractivity contribution in [2.75, 3.05) is 19.6 Å². The van der Waals surface area contributed by atoms with Gasteiger partial charge in [-0.25, -0.2) is 0 Å². The van der Waals surface area contributed by atoms with Gasteiger partial charge in [-0.05, 0) is 36.6 Å². The van der Waals surface area contributed by atoms with Crippen molar-refractivity contribution in [1.82, 2.24) is 10.2 Å². The molecule has 2 fully saturated rings. The molecule has 1 aliphatic carbocycles. The Kier molecular flexibility index (Phi) is 4.05. The molecule has 1 saturated carbocycles. The summed E-state index contributed by atoms with van der Waals surface area (Å²) in [5.41, 5.74) is 2.21. The van der Waals surface area contributed by atoms with Crippen LogP contribution in [0, 0.1) is 6.92 Å². The topological polar surface area (TPSA) is 32.3 Å². The molecule has 1 heterocycles. The van der Waals surface area contributed by atoms with E-state index in [1.807, 2.05) is 12.1 Å². The highest BCUT2D eigenvalue weighted by atomic mass is 16.2. The van der Waals surface area contributed by atoms with Gasteiger partial charge < -0.3 is 10.2 Å². The number of benzene rings is 2. The first-order valence-electron chi connectivity index (χ1n) is 9.21. The molecule has 0 bridgehead atoms. The number of fused-ring (bicyclic) bond motifs is 1. The predicted molar refractivity (Wildman–Crippen MR) is 98.4 cm³/mol. The lowest BCUT2D eigenvalue weighted by molar-refractivity contribution is 0.0560. The monoisotopic (exact) mass is 322 g/mol. The van der Waals surface area contributed by atoms with Crippen LogP contribution in [0.5, 0.6) is 0 Å². The largest absolute Gasteiger partial charge is 0.336 e. The summed E-state index contributed by atoms with van der Waals surface area (Å²) in [6.07, 6.45) is 6.29. The second-order valence-corrected chi connectivity index (χ2v) is 7.52. The lowest BCUT2D eigenvalue weighted by atomic mass is 9.80. The molecule has 4 rings (SSSR count). The fourth-order valence-electron chi connectivity index (χ4n) is 4.44. The van der Waals surface area contributed by atoms with Crippen molar-refractivity contribution >= 4 is 16.7 Å². The normalized spacial score (nSPS) is 20.5. The zero-order valence-electron chi connectivity index (χ0n) is 14.5. The van der Waals surface area contributed by atoms with Gasteiger partial charge in [0.15, 0.2) is 0 Å². The van der Waals surface area contributed by atoms with Gasteiger partial charge in [-0.1, -0.05) is 55.2 Å². The third kappa shape index (κ3) is 2.82. The highest BCUT2D eigenvalue weighted by Gasteiger charge is 2.37. The maximum Gasteiger partial charge on any atom is 0.254 e. The lowest BCUT2D eigenvalue weighted by Crippen LogP contribution is -2.62. The minimum Gasteiger partial charge on any atom is -0.336 e. The van der Waals surface area contributed by atoms with E-state index in [1.54, 1.807) is 0 Å². The Morgan fingerprint density at radius 3 is 2.79 bits per heavy atom. The number of nitrogens with zero attached hydrogens (tertiary/aromatic N) is 1. The summed E-state index contributed by atoms with van der Waals surface area (Å²) in [5, 5.41) is 5.95. The van der Waals surface area contributed by atoms with Gasteiger partial charge >= 0.3 is 0 Å². The molecule has 0 aromatic heterocycles. The average molecular weight is 322 g/mol. The van der Waals surface area contributed by atoms with Gasteiger partial charge in [-0.15, -0.1) is 0 Å². The van der Waals surface area contributed by atoms with E-state index in [4.69, 9.17) is 0 Å². The van der Waals surface area contributed by atoms with Crippen LogP contribution in [-0.2, 0) is 0 Å². The van der Waals surface area contributed by atoms with E-state index in [9.17, 15) is 4.79 Å². The van der Waals surface area contributed by atoms with Crippen molar-refractivity contribution in [2.24, 2.45) is 0 Å². The third-order valence-corrected chi connectivity index (χ3v) is 5.74. The van der Waals surface area contributed by atoms with Gasteiger partial charge in [-0.2, -0.15) is 0 Å². The Morgan fingerprint density at radius 2 is 1.96 bits per heavy atom. The van der Waals surface area contributed by atoms with Crippen LogP contribution < -0.4 is 5.32 Å². The molecule has 0 radical (unpaired) electrons. The van der Waals surface area contributed by atoms with Crippen LogP contribution >= 0.6 is 0 Å². The van der Waals surface area contributed by atoms with Gasteiger partial charge in [0, 0.05) is 30.7 Å². The zero-order valence-corrected chi connectivity index (χ0v) is 14.5. The highest BCUT2D eigenvalue weighted by molar-refractivity contribution is 6.07. The molecule has 2 aliphatic rings. The van der Waals surface area contributed by atoms with E-state index in [0.717, 1.165) is 36.0 Å². The quantitative estimate of drug-likeness (QED) is 0.864. The van der Waals surface area contributed by atoms with E-state index in [0.29, 0.717) is 0 Å². The molecule has 126 valence electrons. The zero-order chi connectivity index (χ0) is 16.6. The van der Waals surface area contributed by atoms with Crippen LogP contribution in [0.3, 0.4) is 0 Å². The first-order valence-corrected chi connectivity index (χ1v) is 9.21. The van der Waals surface area contributed by atoms with Gasteiger partial charge in [0.05, 0.1) is 0 Å². The van der Waals surface area contributed by atoms with Crippen LogP contribution in [-0.4, -0.2) is 36.0 Å². The summed E-state index contributed by atoms with van der Waals surface area (Å²) in [7, 11) is 0. The molecule has 0 unspecified atom stereocenters. The minimum atomic E-state index is 0.159. The van der Waals surface area contributed by atoms with Crippen LogP contribution in [0.25, 0.3) is 10.8 Å². The fourth-order valence-corrected chi connectivity index (χ4v) is 4.44. The second kappa shape index (κ2) is 6.21. The SMILES string of the molecule is Cc1ccc2cccc(C(=O)N3CCNC4(CCCCC4)C3)c2c1. The molecule has 1 N–H and O–H groups in total. The lowest BCUT2D eigenvalue weighted by Gasteiger charge is -2.46. The van der Waals surface area contributed by atoms with Gasteiger partial charge in [0.25, 0.3) is 5.91 Å². The average Bonchev–Trinajstić information content (AvgIpc) is 2.61. The summed E-state index contributed by atoms with van der Waals surface area (Å²) in [5.74, 6) is 0.192. The Balaban J connectivity index is 1.65. The molecule has 3 nitrogen and oxygen atoms in total. The second-order valence-electron chi connectivity index (χ2n) is 7.52. The number of hydrogen-bond acceptors (Lipinski definition) is 2. The molecule has 0 atom stereocenters. The Hall–Kier alpha value is -1.87. The van der Waals surface area contributed by atoms with Crippen molar-refractivity contribution < 1.29 is 4.79 Å². The Bertz CT molecular complexity index is 756. The van der Waals surface area contributed by atoms with Crippen LogP contribution in [0.2, 0.25) is 0 Å². The molecule has 24 heavy (non-hydrogen) atoms. The maximum absolute atomic E-state index is 13.2. The van der Waals surface area contributed by atoms with Crippen LogP contribution in [0.4, 0.5) is 0 Å². The van der Waals surface area contributed by atoms with E-state index in [-0.39, 0.29) is 11.4 Å². The summed E-state index contributed by atoms with van der Waals surface area (Å²) in [6.45, 7) is 4.66. The smallest absolute Gasteiger partial charge is 0.254 e. The molecule has 2 aromatic carbocycles. The summed E-state index contributed by atoms with van der Waals surface area (Å²) < 4.78 is 0. The van der Waals surface area contributed by atoms with E-state index in [1.165, 1.54) is 37.7 Å². The van der Waals surface area contributed by atoms with Gasteiger partial charge in [0.1, 0.15) is 0 Å². The molecular weight excluding hydrogens is 296 g/mol. The minimum absolute atomic E-state index is 0.159. The summed E-state index contributed by atoms with van der Waals surface area (Å²) >= 11 is 0. The number of piperazine rings is 1. The molecular formula is C21H26N2O. The van der Waals surface area contributed by atoms with Crippen LogP contribution in [0.1, 0.15) is 48.0 Å². The highest BCUT2D eigenvalue weighted by Crippen LogP contribution is 2.31. The molecule has 1 spiro atoms. The number of carbonyl (C=O) groups is 1. The maximum atomic E-state index is 13.2. The molecule has 1 amide bonds. The number of aryl methyl sites for hydroxylation is 1. The van der Waals surface area contributed by atoms with E-state index < -0.39 is 0 Å². The molecule has 1 saturated heterocycles. The first kappa shape index (κ1) is 15.6. The molecule has 2 aromatic rings. The van der Waals surface area contributed by atoms with Crippen molar-refractivity contribution in [3.8, 4) is 0 Å². The molecule has 1 aliphatic heterocycles. The summed E-state index contributed by atoms with van der Waals surface area (Å²) in [6, 6.07) is 12.4. The number of hydrogen-bond donors (Lipinski definition) is 1. The van der Waals surface area contributed by atoms with Crippen molar-refractivity contribution in [3.05, 3.63) is 47.5 Å². The van der Waals surface area contributed by atoms with Crippen LogP contribution in [0.15, 0.2) is 36.4 Å². The summed E-state index contributed by atoms with van der Waals surface area (Å²) in [4.78, 5) is 15.3. The molecule has 3 heteroatoms. The predicted octanol–water partition coefficient (Wildman–Crippen LogP) is 3.90. The first-order chi connectivity index (χ1) is 11.7. The number of rotatable bonds is 1. The van der Waals surface area contributed by atoms with E-state index in [2.05, 4.69) is 41.4 Å². The van der Waals surface area contributed by atoms with Gasteiger partial charge in [0.2, 0.25) is 0 Å². The number of carbonyl (C=O) groups excluding carboxylic acids is 1. The third-order valence-electron chi connectivity index (χ3n) is 5.74. The fraction of sp³-hybridized carbons (Fsp3) is 0.476. The van der Waals surface area contributed by atoms with E-state index >= 15 is 0 Å². The van der Waals surface area contributed by atoms with Crippen molar-refractivity contribution in [2.45, 2.75) is 44.6 Å². The Labute approximate surface area is 144 Å².